The molecular formula is C18H25FN2O3. The number of benzene rings is 1. The molecule has 0 aliphatic carbocycles. The average Bonchev–Trinajstić information content (AvgIpc) is 3.13. The monoisotopic (exact) mass is 336 g/mol. The number of nitrogens with zero attached hydrogens (tertiary/aromatic N) is 1. The third-order valence-electron chi connectivity index (χ3n) is 4.72. The van der Waals surface area contributed by atoms with Crippen LogP contribution in [0.25, 0.3) is 0 Å². The zero-order valence-electron chi connectivity index (χ0n) is 13.9. The van der Waals surface area contributed by atoms with E-state index in [1.165, 1.54) is 12.1 Å². The molecule has 2 fully saturated rings. The van der Waals surface area contributed by atoms with Crippen LogP contribution in [0.4, 0.5) is 4.39 Å². The second-order valence-corrected chi connectivity index (χ2v) is 6.49. The second-order valence-electron chi connectivity index (χ2n) is 6.49. The minimum Gasteiger partial charge on any atom is -0.492 e. The summed E-state index contributed by atoms with van der Waals surface area (Å²) >= 11 is 0. The highest BCUT2D eigenvalue weighted by atomic mass is 19.1. The molecule has 1 amide bonds. The largest absolute Gasteiger partial charge is 0.492 e. The molecule has 132 valence electrons. The molecule has 2 heterocycles. The molecule has 0 radical (unpaired) electrons. The minimum absolute atomic E-state index is 0.0344. The van der Waals surface area contributed by atoms with Crippen molar-refractivity contribution in [1.82, 2.24) is 10.2 Å². The predicted molar refractivity (Wildman–Crippen MR) is 88.4 cm³/mol. The van der Waals surface area contributed by atoms with Crippen molar-refractivity contribution >= 4 is 5.91 Å². The fourth-order valence-electron chi connectivity index (χ4n) is 3.18. The van der Waals surface area contributed by atoms with E-state index >= 15 is 0 Å². The van der Waals surface area contributed by atoms with Gasteiger partial charge in [-0.2, -0.15) is 0 Å². The van der Waals surface area contributed by atoms with Gasteiger partial charge in [0, 0.05) is 32.3 Å². The molecule has 3 rings (SSSR count). The molecule has 5 nitrogen and oxygen atoms in total. The molecule has 2 saturated heterocycles. The highest BCUT2D eigenvalue weighted by Crippen LogP contribution is 2.16. The normalized spacial score (nSPS) is 22.5. The van der Waals surface area contributed by atoms with E-state index in [0.29, 0.717) is 25.6 Å². The van der Waals surface area contributed by atoms with E-state index in [1.54, 1.807) is 12.1 Å². The summed E-state index contributed by atoms with van der Waals surface area (Å²) in [6, 6.07) is 6.36. The Morgan fingerprint density at radius 3 is 2.67 bits per heavy atom. The van der Waals surface area contributed by atoms with Crippen molar-refractivity contribution in [3.8, 4) is 5.75 Å². The molecule has 2 aliphatic rings. The van der Waals surface area contributed by atoms with Gasteiger partial charge >= 0.3 is 0 Å². The number of ether oxygens (including phenoxy) is 2. The molecule has 1 N–H and O–H groups in total. The Balaban J connectivity index is 1.31. The Morgan fingerprint density at radius 1 is 1.25 bits per heavy atom. The third kappa shape index (κ3) is 4.92. The average molecular weight is 336 g/mol. The van der Waals surface area contributed by atoms with E-state index in [2.05, 4.69) is 10.2 Å². The van der Waals surface area contributed by atoms with Crippen molar-refractivity contribution in [2.75, 3.05) is 39.5 Å². The van der Waals surface area contributed by atoms with Gasteiger partial charge in [-0.15, -0.1) is 0 Å². The summed E-state index contributed by atoms with van der Waals surface area (Å²) in [7, 11) is 0. The van der Waals surface area contributed by atoms with Crippen molar-refractivity contribution in [2.45, 2.75) is 25.3 Å². The first-order valence-electron chi connectivity index (χ1n) is 8.69. The molecule has 0 aromatic heterocycles. The minimum atomic E-state index is -0.254. The SMILES string of the molecule is O=C(NC1CCN(CCOc2ccc(F)cc2)CC1)[C@@H]1CCOC1. The number of hydrogen-bond acceptors (Lipinski definition) is 4. The second kappa shape index (κ2) is 8.44. The molecular weight excluding hydrogens is 311 g/mol. The highest BCUT2D eigenvalue weighted by Gasteiger charge is 2.27. The molecule has 1 aromatic rings. The number of piperidine rings is 1. The lowest BCUT2D eigenvalue weighted by Gasteiger charge is -2.32. The molecule has 6 heteroatoms. The Labute approximate surface area is 142 Å². The van der Waals surface area contributed by atoms with Gasteiger partial charge in [-0.3, -0.25) is 9.69 Å². The van der Waals surface area contributed by atoms with Crippen LogP contribution in [-0.2, 0) is 9.53 Å². The molecule has 24 heavy (non-hydrogen) atoms. The zero-order valence-corrected chi connectivity index (χ0v) is 13.9. The third-order valence-corrected chi connectivity index (χ3v) is 4.72. The maximum absolute atomic E-state index is 12.8. The van der Waals surface area contributed by atoms with Crippen molar-refractivity contribution in [2.24, 2.45) is 5.92 Å². The number of nitrogens with one attached hydrogen (secondary N) is 1. The fourth-order valence-corrected chi connectivity index (χ4v) is 3.18. The Hall–Kier alpha value is -1.66. The van der Waals surface area contributed by atoms with Gasteiger partial charge < -0.3 is 14.8 Å². The quantitative estimate of drug-likeness (QED) is 0.861. The van der Waals surface area contributed by atoms with E-state index in [9.17, 15) is 9.18 Å². The van der Waals surface area contributed by atoms with Gasteiger partial charge in [-0.05, 0) is 43.5 Å². The van der Waals surface area contributed by atoms with Gasteiger partial charge in [-0.1, -0.05) is 0 Å². The van der Waals surface area contributed by atoms with Gasteiger partial charge in [0.2, 0.25) is 5.91 Å². The Kier molecular flexibility index (Phi) is 6.04. The first kappa shape index (κ1) is 17.2. The van der Waals surface area contributed by atoms with E-state index in [-0.39, 0.29) is 23.7 Å². The summed E-state index contributed by atoms with van der Waals surface area (Å²) in [4.78, 5) is 14.4. The molecule has 2 aliphatic heterocycles. The van der Waals surface area contributed by atoms with Crippen molar-refractivity contribution < 1.29 is 18.7 Å². The summed E-state index contributed by atoms with van der Waals surface area (Å²) in [5.41, 5.74) is 0. The number of carbonyl (C=O) groups is 1. The van der Waals surface area contributed by atoms with Crippen LogP contribution in [0.15, 0.2) is 24.3 Å². The number of carbonyl (C=O) groups excluding carboxylic acids is 1. The maximum atomic E-state index is 12.8. The lowest BCUT2D eigenvalue weighted by Crippen LogP contribution is -2.47. The van der Waals surface area contributed by atoms with Crippen LogP contribution in [0, 0.1) is 11.7 Å². The van der Waals surface area contributed by atoms with Crippen LogP contribution in [0.1, 0.15) is 19.3 Å². The summed E-state index contributed by atoms with van der Waals surface area (Å²) in [6.07, 6.45) is 2.77. The van der Waals surface area contributed by atoms with Gasteiger partial charge in [0.25, 0.3) is 0 Å². The standard InChI is InChI=1S/C18H25FN2O3/c19-15-1-3-17(4-2-15)24-12-10-21-8-5-16(6-9-21)20-18(22)14-7-11-23-13-14/h1-4,14,16H,5-13H2,(H,20,22)/t14-/m1/s1. The summed E-state index contributed by atoms with van der Waals surface area (Å²) in [5.74, 6) is 0.616. The lowest BCUT2D eigenvalue weighted by atomic mass is 10.0. The van der Waals surface area contributed by atoms with Crippen LogP contribution >= 0.6 is 0 Å². The number of likely N-dealkylation sites (tertiary alicyclic amines) is 1. The van der Waals surface area contributed by atoms with Gasteiger partial charge in [0.05, 0.1) is 12.5 Å². The topological polar surface area (TPSA) is 50.8 Å². The summed E-state index contributed by atoms with van der Waals surface area (Å²) in [5, 5.41) is 3.16. The first-order chi connectivity index (χ1) is 11.7. The first-order valence-corrected chi connectivity index (χ1v) is 8.69. The molecule has 0 unspecified atom stereocenters. The van der Waals surface area contributed by atoms with Crippen LogP contribution in [0.3, 0.4) is 0 Å². The zero-order chi connectivity index (χ0) is 16.8. The van der Waals surface area contributed by atoms with Gasteiger partial charge in [-0.25, -0.2) is 4.39 Å². The molecule has 0 spiro atoms. The van der Waals surface area contributed by atoms with Crippen molar-refractivity contribution in [3.05, 3.63) is 30.1 Å². The number of hydrogen-bond donors (Lipinski definition) is 1. The Morgan fingerprint density at radius 2 is 2.00 bits per heavy atom. The number of rotatable bonds is 6. The molecule has 1 atom stereocenters. The summed E-state index contributed by atoms with van der Waals surface area (Å²) < 4.78 is 23.7. The van der Waals surface area contributed by atoms with E-state index < -0.39 is 0 Å². The van der Waals surface area contributed by atoms with Gasteiger partial charge in [0.1, 0.15) is 18.2 Å². The fraction of sp³-hybridized carbons (Fsp3) is 0.611. The van der Waals surface area contributed by atoms with Crippen LogP contribution in [0.2, 0.25) is 0 Å². The predicted octanol–water partition coefficient (Wildman–Crippen LogP) is 1.82. The van der Waals surface area contributed by atoms with Crippen LogP contribution in [0.5, 0.6) is 5.75 Å². The molecule has 1 aromatic carbocycles. The molecule has 0 bridgehead atoms. The smallest absolute Gasteiger partial charge is 0.225 e. The van der Waals surface area contributed by atoms with E-state index in [0.717, 1.165) is 38.9 Å². The Bertz CT molecular complexity index is 524. The summed E-state index contributed by atoms with van der Waals surface area (Å²) in [6.45, 7) is 4.60. The highest BCUT2D eigenvalue weighted by molar-refractivity contribution is 5.79. The molecule has 0 saturated carbocycles. The maximum Gasteiger partial charge on any atom is 0.225 e. The lowest BCUT2D eigenvalue weighted by molar-refractivity contribution is -0.126. The van der Waals surface area contributed by atoms with E-state index in [4.69, 9.17) is 9.47 Å². The van der Waals surface area contributed by atoms with Crippen molar-refractivity contribution in [1.29, 1.82) is 0 Å². The van der Waals surface area contributed by atoms with Crippen molar-refractivity contribution in [3.63, 3.8) is 0 Å². The van der Waals surface area contributed by atoms with Gasteiger partial charge in [0.15, 0.2) is 0 Å². The van der Waals surface area contributed by atoms with Crippen LogP contribution < -0.4 is 10.1 Å². The van der Waals surface area contributed by atoms with Crippen LogP contribution in [-0.4, -0.2) is 56.3 Å². The number of amides is 1. The van der Waals surface area contributed by atoms with E-state index in [1.807, 2.05) is 0 Å². The number of halogens is 1.